The maximum absolute atomic E-state index is 12.9. The van der Waals surface area contributed by atoms with E-state index in [1.807, 2.05) is 54.6 Å². The normalized spacial score (nSPS) is 31.7. The first kappa shape index (κ1) is 20.4. The van der Waals surface area contributed by atoms with Gasteiger partial charge in [-0.3, -0.25) is 4.79 Å². The highest BCUT2D eigenvalue weighted by Gasteiger charge is 2.49. The van der Waals surface area contributed by atoms with Crippen LogP contribution in [-0.4, -0.2) is 17.6 Å². The van der Waals surface area contributed by atoms with E-state index in [4.69, 9.17) is 16.3 Å². The van der Waals surface area contributed by atoms with Crippen LogP contribution in [0.4, 0.5) is 0 Å². The summed E-state index contributed by atoms with van der Waals surface area (Å²) in [4.78, 5) is 12.9. The molecule has 0 aromatic heterocycles. The van der Waals surface area contributed by atoms with E-state index in [1.165, 1.54) is 6.42 Å². The Morgan fingerprint density at radius 2 is 1.86 bits per heavy atom. The third-order valence-electron chi connectivity index (χ3n) is 6.70. The van der Waals surface area contributed by atoms with Gasteiger partial charge >= 0.3 is 0 Å². The van der Waals surface area contributed by atoms with Crippen LogP contribution in [-0.2, 0) is 16.0 Å². The van der Waals surface area contributed by atoms with Crippen LogP contribution in [0, 0.1) is 11.8 Å². The van der Waals surface area contributed by atoms with E-state index in [0.717, 1.165) is 35.4 Å². The SMILES string of the molecule is C[C@H]1CC[C@H]2[C@H](C1)O[C@H](c1ccc(Cl)cc1)C[C@@]2(C)NC(=O)Cc1ccccc1. The Kier molecular flexibility index (Phi) is 5.98. The van der Waals surface area contributed by atoms with Crippen molar-refractivity contribution in [3.63, 3.8) is 0 Å². The van der Waals surface area contributed by atoms with Crippen LogP contribution in [0.3, 0.4) is 0 Å². The predicted molar refractivity (Wildman–Crippen MR) is 117 cm³/mol. The molecule has 1 saturated heterocycles. The van der Waals surface area contributed by atoms with Crippen LogP contribution in [0.1, 0.15) is 56.8 Å². The van der Waals surface area contributed by atoms with Crippen LogP contribution in [0.25, 0.3) is 0 Å². The highest BCUT2D eigenvalue weighted by atomic mass is 35.5. The minimum absolute atomic E-state index is 0.0270. The minimum Gasteiger partial charge on any atom is -0.370 e. The van der Waals surface area contributed by atoms with Crippen LogP contribution < -0.4 is 5.32 Å². The number of rotatable bonds is 4. The molecule has 1 heterocycles. The van der Waals surface area contributed by atoms with E-state index >= 15 is 0 Å². The van der Waals surface area contributed by atoms with Gasteiger partial charge in [0.15, 0.2) is 0 Å². The molecule has 2 aromatic rings. The first-order chi connectivity index (χ1) is 13.9. The molecule has 2 aromatic carbocycles. The molecule has 154 valence electrons. The molecule has 2 fully saturated rings. The number of ether oxygens (including phenoxy) is 1. The third-order valence-corrected chi connectivity index (χ3v) is 6.95. The standard InChI is InChI=1S/C25H30ClNO2/c1-17-8-13-21-22(14-17)29-23(19-9-11-20(26)12-10-19)16-25(21,2)27-24(28)15-18-6-4-3-5-7-18/h3-7,9-12,17,21-23H,8,13-16H2,1-2H3,(H,27,28)/t17-,21-,22-,23-,25+/m0/s1. The summed E-state index contributed by atoms with van der Waals surface area (Å²) in [6.45, 7) is 4.52. The molecular formula is C25H30ClNO2. The number of hydrogen-bond donors (Lipinski definition) is 1. The third kappa shape index (κ3) is 4.67. The number of carbonyl (C=O) groups excluding carboxylic acids is 1. The Labute approximate surface area is 178 Å². The zero-order valence-corrected chi connectivity index (χ0v) is 18.0. The van der Waals surface area contributed by atoms with E-state index in [-0.39, 0.29) is 23.7 Å². The molecule has 4 rings (SSSR count). The summed E-state index contributed by atoms with van der Waals surface area (Å²) in [5, 5.41) is 4.15. The molecule has 1 N–H and O–H groups in total. The van der Waals surface area contributed by atoms with Gasteiger partial charge in [0.2, 0.25) is 5.91 Å². The van der Waals surface area contributed by atoms with Gasteiger partial charge in [0.25, 0.3) is 0 Å². The summed E-state index contributed by atoms with van der Waals surface area (Å²) < 4.78 is 6.59. The van der Waals surface area contributed by atoms with Gasteiger partial charge in [0, 0.05) is 22.9 Å². The molecule has 2 aliphatic rings. The lowest BCUT2D eigenvalue weighted by atomic mass is 9.66. The molecule has 1 aliphatic carbocycles. The fourth-order valence-corrected chi connectivity index (χ4v) is 5.29. The second-order valence-corrected chi connectivity index (χ2v) is 9.51. The Morgan fingerprint density at radius 1 is 1.14 bits per heavy atom. The average Bonchev–Trinajstić information content (AvgIpc) is 2.68. The van der Waals surface area contributed by atoms with Crippen LogP contribution in [0.5, 0.6) is 0 Å². The molecule has 3 nitrogen and oxygen atoms in total. The molecule has 1 amide bonds. The second kappa shape index (κ2) is 8.49. The van der Waals surface area contributed by atoms with Crippen molar-refractivity contribution in [3.8, 4) is 0 Å². The summed E-state index contributed by atoms with van der Waals surface area (Å²) >= 11 is 6.08. The van der Waals surface area contributed by atoms with Crippen molar-refractivity contribution in [2.45, 2.75) is 63.7 Å². The van der Waals surface area contributed by atoms with E-state index in [0.29, 0.717) is 18.3 Å². The number of carbonyl (C=O) groups is 1. The van der Waals surface area contributed by atoms with Crippen molar-refractivity contribution in [1.82, 2.24) is 5.32 Å². The number of halogens is 1. The van der Waals surface area contributed by atoms with Crippen LogP contribution >= 0.6 is 11.6 Å². The average molecular weight is 412 g/mol. The lowest BCUT2D eigenvalue weighted by molar-refractivity contribution is -0.153. The van der Waals surface area contributed by atoms with Gasteiger partial charge in [-0.15, -0.1) is 0 Å². The van der Waals surface area contributed by atoms with Gasteiger partial charge in [0.05, 0.1) is 18.6 Å². The van der Waals surface area contributed by atoms with Gasteiger partial charge in [-0.1, -0.05) is 67.4 Å². The Morgan fingerprint density at radius 3 is 2.59 bits per heavy atom. The molecule has 5 atom stereocenters. The van der Waals surface area contributed by atoms with Gasteiger partial charge in [-0.05, 0) is 48.9 Å². The lowest BCUT2D eigenvalue weighted by Gasteiger charge is -2.52. The van der Waals surface area contributed by atoms with Gasteiger partial charge in [-0.25, -0.2) is 0 Å². The Balaban J connectivity index is 1.56. The van der Waals surface area contributed by atoms with Crippen molar-refractivity contribution < 1.29 is 9.53 Å². The molecule has 1 aliphatic heterocycles. The van der Waals surface area contributed by atoms with Gasteiger partial charge in [-0.2, -0.15) is 0 Å². The number of benzene rings is 2. The highest BCUT2D eigenvalue weighted by molar-refractivity contribution is 6.30. The molecule has 0 spiro atoms. The molecule has 0 unspecified atom stereocenters. The zero-order chi connectivity index (χ0) is 20.4. The number of amides is 1. The number of nitrogens with one attached hydrogen (secondary N) is 1. The Hall–Kier alpha value is -1.84. The Bertz CT molecular complexity index is 838. The maximum Gasteiger partial charge on any atom is 0.224 e. The van der Waals surface area contributed by atoms with Crippen LogP contribution in [0.2, 0.25) is 5.02 Å². The van der Waals surface area contributed by atoms with Crippen molar-refractivity contribution >= 4 is 17.5 Å². The fraction of sp³-hybridized carbons (Fsp3) is 0.480. The van der Waals surface area contributed by atoms with Crippen molar-refractivity contribution in [1.29, 1.82) is 0 Å². The molecular weight excluding hydrogens is 382 g/mol. The summed E-state index contributed by atoms with van der Waals surface area (Å²) in [7, 11) is 0. The summed E-state index contributed by atoms with van der Waals surface area (Å²) in [6, 6.07) is 17.9. The zero-order valence-electron chi connectivity index (χ0n) is 17.2. The molecule has 0 radical (unpaired) electrons. The molecule has 1 saturated carbocycles. The van der Waals surface area contributed by atoms with E-state index in [1.54, 1.807) is 0 Å². The second-order valence-electron chi connectivity index (χ2n) is 9.07. The van der Waals surface area contributed by atoms with Crippen LogP contribution in [0.15, 0.2) is 54.6 Å². The summed E-state index contributed by atoms with van der Waals surface area (Å²) in [5.41, 5.74) is 1.90. The largest absolute Gasteiger partial charge is 0.370 e. The highest BCUT2D eigenvalue weighted by Crippen LogP contribution is 2.48. The van der Waals surface area contributed by atoms with E-state index in [9.17, 15) is 4.79 Å². The van der Waals surface area contributed by atoms with Crippen molar-refractivity contribution in [2.75, 3.05) is 0 Å². The van der Waals surface area contributed by atoms with E-state index in [2.05, 4.69) is 19.2 Å². The first-order valence-corrected chi connectivity index (χ1v) is 11.1. The van der Waals surface area contributed by atoms with Gasteiger partial charge < -0.3 is 10.1 Å². The molecule has 29 heavy (non-hydrogen) atoms. The smallest absolute Gasteiger partial charge is 0.224 e. The molecule has 0 bridgehead atoms. The fourth-order valence-electron chi connectivity index (χ4n) is 5.17. The summed E-state index contributed by atoms with van der Waals surface area (Å²) in [5.74, 6) is 1.10. The summed E-state index contributed by atoms with van der Waals surface area (Å²) in [6.07, 6.45) is 4.69. The van der Waals surface area contributed by atoms with E-state index < -0.39 is 0 Å². The minimum atomic E-state index is -0.279. The molecule has 4 heteroatoms. The lowest BCUT2D eigenvalue weighted by Crippen LogP contribution is -2.60. The number of fused-ring (bicyclic) bond motifs is 1. The topological polar surface area (TPSA) is 38.3 Å². The van der Waals surface area contributed by atoms with Crippen molar-refractivity contribution in [2.24, 2.45) is 11.8 Å². The monoisotopic (exact) mass is 411 g/mol. The van der Waals surface area contributed by atoms with Crippen molar-refractivity contribution in [3.05, 3.63) is 70.7 Å². The quantitative estimate of drug-likeness (QED) is 0.698. The number of hydrogen-bond acceptors (Lipinski definition) is 2. The predicted octanol–water partition coefficient (Wildman–Crippen LogP) is 5.72. The first-order valence-electron chi connectivity index (χ1n) is 10.7. The van der Waals surface area contributed by atoms with Gasteiger partial charge in [0.1, 0.15) is 0 Å². The maximum atomic E-state index is 12.9.